The summed E-state index contributed by atoms with van der Waals surface area (Å²) in [4.78, 5) is 44.7. The highest BCUT2D eigenvalue weighted by Crippen LogP contribution is 2.26. The number of hydrogen-bond donors (Lipinski definition) is 1. The van der Waals surface area contributed by atoms with Gasteiger partial charge in [0.2, 0.25) is 0 Å². The number of nitrogens with one attached hydrogen (secondary N) is 1. The van der Waals surface area contributed by atoms with Gasteiger partial charge in [0.25, 0.3) is 11.5 Å². The summed E-state index contributed by atoms with van der Waals surface area (Å²) in [5.74, 6) is -0.812. The molecule has 1 amide bonds. The number of carbonyl (C=O) groups is 2. The first-order valence-electron chi connectivity index (χ1n) is 10.7. The zero-order valence-corrected chi connectivity index (χ0v) is 18.6. The van der Waals surface area contributed by atoms with Crippen molar-refractivity contribution in [3.8, 4) is 6.07 Å². The molecule has 2 aromatic rings. The molecular weight excluding hydrogens is 410 g/mol. The molecular formula is C23H27N5O4. The first-order valence-corrected chi connectivity index (χ1v) is 10.7. The van der Waals surface area contributed by atoms with E-state index in [-0.39, 0.29) is 28.6 Å². The van der Waals surface area contributed by atoms with Crippen molar-refractivity contribution in [1.29, 1.82) is 5.26 Å². The molecule has 3 rings (SSSR count). The van der Waals surface area contributed by atoms with Gasteiger partial charge in [0, 0.05) is 25.8 Å². The number of ether oxygens (including phenoxy) is 1. The maximum absolute atomic E-state index is 13.4. The monoisotopic (exact) mass is 437 g/mol. The van der Waals surface area contributed by atoms with E-state index in [0.29, 0.717) is 44.1 Å². The van der Waals surface area contributed by atoms with Gasteiger partial charge in [-0.25, -0.2) is 4.98 Å². The first-order chi connectivity index (χ1) is 15.4. The number of likely N-dealkylation sites (N-methyl/N-ethyl adjacent to an activating group) is 1. The molecule has 3 heterocycles. The molecule has 0 unspecified atom stereocenters. The number of hydrogen-bond acceptors (Lipinski definition) is 7. The number of fused-ring (bicyclic) bond motifs is 1. The SMILES string of the molecule is CCNC(=O)/C(C#N)=C/c1c(N2CCC[C@@H](C(=O)OCC)C2)nc2c(C)cccn2c1=O. The Morgan fingerprint density at radius 2 is 2.19 bits per heavy atom. The van der Waals surface area contributed by atoms with E-state index in [1.54, 1.807) is 26.1 Å². The third kappa shape index (κ3) is 4.64. The van der Waals surface area contributed by atoms with Gasteiger partial charge >= 0.3 is 5.97 Å². The van der Waals surface area contributed by atoms with Crippen LogP contribution in [-0.2, 0) is 14.3 Å². The number of amides is 1. The molecule has 1 fully saturated rings. The average molecular weight is 438 g/mol. The van der Waals surface area contributed by atoms with Gasteiger partial charge in [0.15, 0.2) is 0 Å². The van der Waals surface area contributed by atoms with E-state index >= 15 is 0 Å². The number of anilines is 1. The lowest BCUT2D eigenvalue weighted by Gasteiger charge is -2.33. The highest BCUT2D eigenvalue weighted by atomic mass is 16.5. The minimum absolute atomic E-state index is 0.139. The molecule has 1 atom stereocenters. The number of nitriles is 1. The molecule has 1 saturated heterocycles. The lowest BCUT2D eigenvalue weighted by Crippen LogP contribution is -2.41. The second-order valence-corrected chi connectivity index (χ2v) is 7.61. The van der Waals surface area contributed by atoms with Crippen molar-refractivity contribution < 1.29 is 14.3 Å². The van der Waals surface area contributed by atoms with Gasteiger partial charge in [-0.15, -0.1) is 0 Å². The topological polar surface area (TPSA) is 117 Å². The number of piperidine rings is 1. The van der Waals surface area contributed by atoms with E-state index in [0.717, 1.165) is 12.0 Å². The molecule has 1 aliphatic heterocycles. The summed E-state index contributed by atoms with van der Waals surface area (Å²) in [6.45, 7) is 6.96. The molecule has 1 aliphatic rings. The fourth-order valence-corrected chi connectivity index (χ4v) is 3.84. The normalized spacial score (nSPS) is 16.5. The van der Waals surface area contributed by atoms with E-state index in [9.17, 15) is 19.6 Å². The van der Waals surface area contributed by atoms with Crippen molar-refractivity contribution in [2.24, 2.45) is 5.92 Å². The standard InChI is InChI=1S/C23H27N5O4/c1-4-25-21(29)17(13-24)12-18-20(26-19-15(3)8-6-11-28(19)22(18)30)27-10-7-9-16(14-27)23(31)32-5-2/h6,8,11-12,16H,4-5,7,9-10,14H2,1-3H3,(H,25,29)/b17-12+/t16-/m1/s1. The van der Waals surface area contributed by atoms with E-state index < -0.39 is 5.91 Å². The largest absolute Gasteiger partial charge is 0.466 e. The fourth-order valence-electron chi connectivity index (χ4n) is 3.84. The zero-order valence-electron chi connectivity index (χ0n) is 18.6. The van der Waals surface area contributed by atoms with Crippen LogP contribution in [0.5, 0.6) is 0 Å². The van der Waals surface area contributed by atoms with Gasteiger partial charge in [0.1, 0.15) is 23.1 Å². The summed E-state index contributed by atoms with van der Waals surface area (Å²) in [7, 11) is 0. The fraction of sp³-hybridized carbons (Fsp3) is 0.435. The summed E-state index contributed by atoms with van der Waals surface area (Å²) in [5.41, 5.74) is 0.868. The van der Waals surface area contributed by atoms with Crippen molar-refractivity contribution in [2.45, 2.75) is 33.6 Å². The Balaban J connectivity index is 2.18. The maximum atomic E-state index is 13.4. The Kier molecular flexibility index (Phi) is 7.25. The summed E-state index contributed by atoms with van der Waals surface area (Å²) >= 11 is 0. The van der Waals surface area contributed by atoms with Crippen LogP contribution in [0.25, 0.3) is 11.7 Å². The molecule has 0 spiro atoms. The van der Waals surface area contributed by atoms with Gasteiger partial charge in [-0.1, -0.05) is 6.07 Å². The smallest absolute Gasteiger partial charge is 0.310 e. The van der Waals surface area contributed by atoms with Crippen molar-refractivity contribution in [1.82, 2.24) is 14.7 Å². The van der Waals surface area contributed by atoms with Gasteiger partial charge in [-0.2, -0.15) is 5.26 Å². The predicted molar refractivity (Wildman–Crippen MR) is 120 cm³/mol. The van der Waals surface area contributed by atoms with Crippen LogP contribution < -0.4 is 15.8 Å². The Morgan fingerprint density at radius 1 is 1.41 bits per heavy atom. The number of esters is 1. The van der Waals surface area contributed by atoms with E-state index in [1.807, 2.05) is 24.0 Å². The molecule has 9 nitrogen and oxygen atoms in total. The number of nitrogens with zero attached hydrogens (tertiary/aromatic N) is 4. The van der Waals surface area contributed by atoms with Gasteiger partial charge < -0.3 is 15.0 Å². The Morgan fingerprint density at radius 3 is 2.88 bits per heavy atom. The Bertz CT molecular complexity index is 1160. The second-order valence-electron chi connectivity index (χ2n) is 7.61. The highest BCUT2D eigenvalue weighted by molar-refractivity contribution is 6.02. The number of aromatic nitrogens is 2. The van der Waals surface area contributed by atoms with Crippen molar-refractivity contribution in [3.63, 3.8) is 0 Å². The van der Waals surface area contributed by atoms with Crippen molar-refractivity contribution in [2.75, 3.05) is 31.1 Å². The summed E-state index contributed by atoms with van der Waals surface area (Å²) in [5, 5.41) is 12.1. The van der Waals surface area contributed by atoms with Crippen LogP contribution >= 0.6 is 0 Å². The van der Waals surface area contributed by atoms with Gasteiger partial charge in [-0.3, -0.25) is 18.8 Å². The predicted octanol–water partition coefficient (Wildman–Crippen LogP) is 1.83. The van der Waals surface area contributed by atoms with E-state index in [2.05, 4.69) is 5.32 Å². The number of rotatable bonds is 6. The Hall–Kier alpha value is -3.67. The van der Waals surface area contributed by atoms with Gasteiger partial charge in [0.05, 0.1) is 18.1 Å². The molecule has 0 bridgehead atoms. The average Bonchev–Trinajstić information content (AvgIpc) is 2.79. The van der Waals surface area contributed by atoms with Gasteiger partial charge in [-0.05, 0) is 51.3 Å². The highest BCUT2D eigenvalue weighted by Gasteiger charge is 2.30. The molecule has 168 valence electrons. The summed E-state index contributed by atoms with van der Waals surface area (Å²) in [6, 6.07) is 5.47. The van der Waals surface area contributed by atoms with Crippen LogP contribution in [0.4, 0.5) is 5.82 Å². The summed E-state index contributed by atoms with van der Waals surface area (Å²) in [6.07, 6.45) is 4.31. The van der Waals surface area contributed by atoms with Crippen LogP contribution in [0, 0.1) is 24.2 Å². The minimum Gasteiger partial charge on any atom is -0.466 e. The van der Waals surface area contributed by atoms with Crippen LogP contribution in [0.3, 0.4) is 0 Å². The van der Waals surface area contributed by atoms with Crippen LogP contribution in [-0.4, -0.2) is 47.5 Å². The van der Waals surface area contributed by atoms with Crippen molar-refractivity contribution >= 4 is 29.4 Å². The third-order valence-corrected chi connectivity index (χ3v) is 5.40. The first kappa shape index (κ1) is 23.0. The van der Waals surface area contributed by atoms with Crippen molar-refractivity contribution in [3.05, 3.63) is 45.4 Å². The molecule has 32 heavy (non-hydrogen) atoms. The quantitative estimate of drug-likeness (QED) is 0.416. The minimum atomic E-state index is -0.558. The maximum Gasteiger partial charge on any atom is 0.310 e. The number of pyridine rings is 1. The molecule has 9 heteroatoms. The third-order valence-electron chi connectivity index (χ3n) is 5.40. The molecule has 0 radical (unpaired) electrons. The van der Waals surface area contributed by atoms with E-state index in [1.165, 1.54) is 10.5 Å². The summed E-state index contributed by atoms with van der Waals surface area (Å²) < 4.78 is 6.60. The molecule has 0 saturated carbocycles. The van der Waals surface area contributed by atoms with Crippen LogP contribution in [0.2, 0.25) is 0 Å². The lowest BCUT2D eigenvalue weighted by atomic mass is 9.97. The Labute approximate surface area is 186 Å². The second kappa shape index (κ2) is 10.1. The van der Waals surface area contributed by atoms with Crippen LogP contribution in [0.1, 0.15) is 37.8 Å². The molecule has 0 aromatic carbocycles. The number of carbonyl (C=O) groups excluding carboxylic acids is 2. The zero-order chi connectivity index (χ0) is 23.3. The molecule has 0 aliphatic carbocycles. The number of aryl methyl sites for hydroxylation is 1. The van der Waals surface area contributed by atoms with E-state index in [4.69, 9.17) is 9.72 Å². The molecule has 1 N–H and O–H groups in total. The lowest BCUT2D eigenvalue weighted by molar-refractivity contribution is -0.148. The van der Waals surface area contributed by atoms with Crippen LogP contribution in [0.15, 0.2) is 28.7 Å². The molecule has 2 aromatic heterocycles.